The molecule has 106 valence electrons. The molecule has 19 heavy (non-hydrogen) atoms. The first-order valence-electron chi connectivity index (χ1n) is 6.15. The number of ether oxygens (including phenoxy) is 3. The maximum absolute atomic E-state index is 11.5. The number of halogens is 1. The largest absolute Gasteiger partial charge is 0.490 e. The zero-order valence-electron chi connectivity index (χ0n) is 11.3. The van der Waals surface area contributed by atoms with Crippen molar-refractivity contribution in [2.24, 2.45) is 0 Å². The molecule has 0 bridgehead atoms. The standard InChI is InChI=1S/C14H19BrO4/c1-11(16)13-10-12(15)4-5-14(13)19-9-8-18-7-3-6-17-2/h4-5,10H,3,6-9H2,1-2H3. The molecule has 1 rings (SSSR count). The van der Waals surface area contributed by atoms with E-state index in [1.54, 1.807) is 19.2 Å². The van der Waals surface area contributed by atoms with E-state index in [1.165, 1.54) is 6.92 Å². The van der Waals surface area contributed by atoms with Crippen molar-refractivity contribution < 1.29 is 19.0 Å². The highest BCUT2D eigenvalue weighted by molar-refractivity contribution is 9.10. The lowest BCUT2D eigenvalue weighted by atomic mass is 10.1. The van der Waals surface area contributed by atoms with Gasteiger partial charge in [-0.3, -0.25) is 4.79 Å². The van der Waals surface area contributed by atoms with Crippen LogP contribution in [-0.4, -0.2) is 39.3 Å². The molecule has 0 aliphatic carbocycles. The predicted octanol–water partition coefficient (Wildman–Crippen LogP) is 3.08. The molecular weight excluding hydrogens is 312 g/mol. The van der Waals surface area contributed by atoms with E-state index in [-0.39, 0.29) is 5.78 Å². The van der Waals surface area contributed by atoms with Gasteiger partial charge in [0.2, 0.25) is 0 Å². The molecule has 1 aromatic carbocycles. The number of carbonyl (C=O) groups is 1. The summed E-state index contributed by atoms with van der Waals surface area (Å²) in [6.07, 6.45) is 0.869. The molecule has 0 aromatic heterocycles. The molecule has 0 aliphatic rings. The summed E-state index contributed by atoms with van der Waals surface area (Å²) in [5.74, 6) is 0.577. The fraction of sp³-hybridized carbons (Fsp3) is 0.500. The topological polar surface area (TPSA) is 44.8 Å². The van der Waals surface area contributed by atoms with Crippen LogP contribution in [0.2, 0.25) is 0 Å². The van der Waals surface area contributed by atoms with Crippen LogP contribution in [0.25, 0.3) is 0 Å². The van der Waals surface area contributed by atoms with Crippen molar-refractivity contribution in [3.05, 3.63) is 28.2 Å². The fourth-order valence-corrected chi connectivity index (χ4v) is 1.88. The summed E-state index contributed by atoms with van der Waals surface area (Å²) in [6.45, 7) is 3.79. The normalized spacial score (nSPS) is 10.5. The zero-order valence-corrected chi connectivity index (χ0v) is 12.9. The van der Waals surface area contributed by atoms with Gasteiger partial charge in [0.25, 0.3) is 0 Å². The molecule has 0 unspecified atom stereocenters. The number of ketones is 1. The van der Waals surface area contributed by atoms with E-state index in [0.717, 1.165) is 10.9 Å². The smallest absolute Gasteiger partial charge is 0.163 e. The third-order valence-electron chi connectivity index (χ3n) is 2.44. The molecule has 0 N–H and O–H groups in total. The molecule has 0 saturated heterocycles. The number of hydrogen-bond acceptors (Lipinski definition) is 4. The van der Waals surface area contributed by atoms with Gasteiger partial charge in [-0.2, -0.15) is 0 Å². The average molecular weight is 331 g/mol. The van der Waals surface area contributed by atoms with Gasteiger partial charge < -0.3 is 14.2 Å². The van der Waals surface area contributed by atoms with Crippen molar-refractivity contribution in [1.29, 1.82) is 0 Å². The van der Waals surface area contributed by atoms with Gasteiger partial charge in [0.1, 0.15) is 12.4 Å². The van der Waals surface area contributed by atoms with E-state index in [2.05, 4.69) is 15.9 Å². The Balaban J connectivity index is 2.35. The Morgan fingerprint density at radius 1 is 1.21 bits per heavy atom. The lowest BCUT2D eigenvalue weighted by molar-refractivity contribution is 0.0799. The van der Waals surface area contributed by atoms with E-state index >= 15 is 0 Å². The number of benzene rings is 1. The van der Waals surface area contributed by atoms with Gasteiger partial charge in [0.05, 0.1) is 12.2 Å². The number of Topliss-reactive ketones (excluding diaryl/α,β-unsaturated/α-hetero) is 1. The van der Waals surface area contributed by atoms with E-state index < -0.39 is 0 Å². The molecule has 0 spiro atoms. The summed E-state index contributed by atoms with van der Waals surface area (Å²) in [7, 11) is 1.67. The second-order valence-corrected chi connectivity index (χ2v) is 4.92. The average Bonchev–Trinajstić information content (AvgIpc) is 2.39. The highest BCUT2D eigenvalue weighted by Gasteiger charge is 2.08. The van der Waals surface area contributed by atoms with Crippen molar-refractivity contribution >= 4 is 21.7 Å². The molecule has 0 heterocycles. The summed E-state index contributed by atoms with van der Waals surface area (Å²) in [6, 6.07) is 5.39. The van der Waals surface area contributed by atoms with Crippen molar-refractivity contribution in [2.75, 3.05) is 33.5 Å². The van der Waals surface area contributed by atoms with E-state index in [1.807, 2.05) is 6.07 Å². The SMILES string of the molecule is COCCCOCCOc1ccc(Br)cc1C(C)=O. The van der Waals surface area contributed by atoms with Crippen LogP contribution >= 0.6 is 15.9 Å². The van der Waals surface area contributed by atoms with Gasteiger partial charge in [-0.1, -0.05) is 15.9 Å². The van der Waals surface area contributed by atoms with Crippen LogP contribution in [0.1, 0.15) is 23.7 Å². The number of hydrogen-bond donors (Lipinski definition) is 0. The fourth-order valence-electron chi connectivity index (χ4n) is 1.52. The summed E-state index contributed by atoms with van der Waals surface area (Å²) >= 11 is 3.34. The Kier molecular flexibility index (Phi) is 7.70. The van der Waals surface area contributed by atoms with Crippen LogP contribution in [0.3, 0.4) is 0 Å². The molecule has 0 fully saturated rings. The van der Waals surface area contributed by atoms with Crippen LogP contribution in [0.15, 0.2) is 22.7 Å². The highest BCUT2D eigenvalue weighted by atomic mass is 79.9. The van der Waals surface area contributed by atoms with Crippen molar-refractivity contribution in [3.8, 4) is 5.75 Å². The highest BCUT2D eigenvalue weighted by Crippen LogP contribution is 2.23. The summed E-state index contributed by atoms with van der Waals surface area (Å²) in [5.41, 5.74) is 0.578. The van der Waals surface area contributed by atoms with Crippen molar-refractivity contribution in [3.63, 3.8) is 0 Å². The molecular formula is C14H19BrO4. The predicted molar refractivity (Wildman–Crippen MR) is 77.0 cm³/mol. The van der Waals surface area contributed by atoms with Crippen LogP contribution in [0, 0.1) is 0 Å². The first-order valence-corrected chi connectivity index (χ1v) is 6.94. The molecule has 0 atom stereocenters. The van der Waals surface area contributed by atoms with Gasteiger partial charge in [-0.25, -0.2) is 0 Å². The maximum atomic E-state index is 11.5. The Labute approximate surface area is 122 Å². The van der Waals surface area contributed by atoms with Crippen molar-refractivity contribution in [1.82, 2.24) is 0 Å². The molecule has 5 heteroatoms. The second-order valence-electron chi connectivity index (χ2n) is 4.00. The van der Waals surface area contributed by atoms with E-state index in [9.17, 15) is 4.79 Å². The van der Waals surface area contributed by atoms with Gasteiger partial charge >= 0.3 is 0 Å². The first kappa shape index (κ1) is 16.1. The quantitative estimate of drug-likeness (QED) is 0.515. The van der Waals surface area contributed by atoms with Gasteiger partial charge in [-0.15, -0.1) is 0 Å². The molecule has 1 aromatic rings. The summed E-state index contributed by atoms with van der Waals surface area (Å²) in [4.78, 5) is 11.5. The van der Waals surface area contributed by atoms with Crippen LogP contribution in [0.5, 0.6) is 5.75 Å². The Bertz CT molecular complexity index is 406. The van der Waals surface area contributed by atoms with E-state index in [4.69, 9.17) is 14.2 Å². The molecule has 4 nitrogen and oxygen atoms in total. The molecule has 0 radical (unpaired) electrons. The maximum Gasteiger partial charge on any atom is 0.163 e. The van der Waals surface area contributed by atoms with E-state index in [0.29, 0.717) is 37.7 Å². The monoisotopic (exact) mass is 330 g/mol. The van der Waals surface area contributed by atoms with Gasteiger partial charge in [-0.05, 0) is 31.5 Å². The minimum Gasteiger partial charge on any atom is -0.490 e. The summed E-state index contributed by atoms with van der Waals surface area (Å²) < 4.78 is 16.7. The minimum absolute atomic E-state index is 0.0164. The minimum atomic E-state index is -0.0164. The third kappa shape index (κ3) is 6.18. The third-order valence-corrected chi connectivity index (χ3v) is 2.94. The molecule has 0 saturated carbocycles. The lowest BCUT2D eigenvalue weighted by Gasteiger charge is -2.10. The van der Waals surface area contributed by atoms with Crippen LogP contribution < -0.4 is 4.74 Å². The zero-order chi connectivity index (χ0) is 14.1. The van der Waals surface area contributed by atoms with Crippen LogP contribution in [0.4, 0.5) is 0 Å². The number of carbonyl (C=O) groups excluding carboxylic acids is 1. The molecule has 0 aliphatic heterocycles. The Morgan fingerprint density at radius 2 is 2.00 bits per heavy atom. The summed E-state index contributed by atoms with van der Waals surface area (Å²) in [5, 5.41) is 0. The number of methoxy groups -OCH3 is 1. The Morgan fingerprint density at radius 3 is 2.68 bits per heavy atom. The van der Waals surface area contributed by atoms with Crippen LogP contribution in [-0.2, 0) is 9.47 Å². The number of rotatable bonds is 9. The Hall–Kier alpha value is -0.910. The van der Waals surface area contributed by atoms with Gasteiger partial charge in [0, 0.05) is 24.8 Å². The molecule has 0 amide bonds. The first-order chi connectivity index (χ1) is 9.15. The lowest BCUT2D eigenvalue weighted by Crippen LogP contribution is -2.10. The van der Waals surface area contributed by atoms with Gasteiger partial charge in [0.15, 0.2) is 5.78 Å². The second kappa shape index (κ2) is 9.07. The van der Waals surface area contributed by atoms with Crippen molar-refractivity contribution in [2.45, 2.75) is 13.3 Å².